The van der Waals surface area contributed by atoms with E-state index in [-0.39, 0.29) is 35.3 Å². The van der Waals surface area contributed by atoms with Gasteiger partial charge in [-0.25, -0.2) is 0 Å². The SMILES string of the molecule is CC(=O)c1ccccc1C(=O)N1CCC(CCC(=O)N[C@H](Cc2c[nH]c3ccccc23)C(=O)N2C[C@H](CN(C)C)Cc3cc(Cl)ccc32)CC1. The van der Waals surface area contributed by atoms with Crippen LogP contribution in [0.1, 0.15) is 64.4 Å². The molecule has 1 aromatic heterocycles. The van der Waals surface area contributed by atoms with Crippen LogP contribution in [0.2, 0.25) is 5.02 Å². The number of H-pyrrole nitrogens is 1. The molecule has 1 fully saturated rings. The molecule has 2 atom stereocenters. The van der Waals surface area contributed by atoms with Crippen LogP contribution in [0, 0.1) is 11.8 Å². The van der Waals surface area contributed by atoms with Gasteiger partial charge in [-0.2, -0.15) is 0 Å². The molecule has 0 spiro atoms. The normalized spacial score (nSPS) is 17.1. The number of para-hydroxylation sites is 1. The highest BCUT2D eigenvalue weighted by Gasteiger charge is 2.34. The number of nitrogens with zero attached hydrogens (tertiary/aromatic N) is 3. The third-order valence-corrected chi connectivity index (χ3v) is 10.4. The molecule has 3 heterocycles. The van der Waals surface area contributed by atoms with E-state index in [4.69, 9.17) is 11.6 Å². The Balaban J connectivity index is 1.14. The van der Waals surface area contributed by atoms with E-state index in [0.29, 0.717) is 55.0 Å². The lowest BCUT2D eigenvalue weighted by Crippen LogP contribution is -2.53. The number of anilines is 1. The molecule has 0 bridgehead atoms. The lowest BCUT2D eigenvalue weighted by molar-refractivity contribution is -0.127. The molecule has 4 aromatic rings. The van der Waals surface area contributed by atoms with Gasteiger partial charge in [-0.3, -0.25) is 19.2 Å². The number of aromatic nitrogens is 1. The molecule has 2 N–H and O–H groups in total. The predicted octanol–water partition coefficient (Wildman–Crippen LogP) is 6.15. The van der Waals surface area contributed by atoms with Crippen molar-refractivity contribution in [3.8, 4) is 0 Å². The Labute approximate surface area is 299 Å². The van der Waals surface area contributed by atoms with Crippen molar-refractivity contribution in [3.05, 3.63) is 100 Å². The maximum atomic E-state index is 14.6. The van der Waals surface area contributed by atoms with E-state index in [9.17, 15) is 19.2 Å². The lowest BCUT2D eigenvalue weighted by atomic mass is 9.90. The van der Waals surface area contributed by atoms with Gasteiger partial charge in [-0.1, -0.05) is 48.0 Å². The largest absolute Gasteiger partial charge is 0.361 e. The first-order valence-corrected chi connectivity index (χ1v) is 17.9. The average Bonchev–Trinajstić information content (AvgIpc) is 3.51. The summed E-state index contributed by atoms with van der Waals surface area (Å²) >= 11 is 6.40. The van der Waals surface area contributed by atoms with Crippen LogP contribution in [0.3, 0.4) is 0 Å². The topological polar surface area (TPSA) is 106 Å². The number of piperidine rings is 1. The van der Waals surface area contributed by atoms with Crippen LogP contribution in [0.15, 0.2) is 72.9 Å². The van der Waals surface area contributed by atoms with Crippen LogP contribution in [0.4, 0.5) is 5.69 Å². The maximum absolute atomic E-state index is 14.6. The van der Waals surface area contributed by atoms with Crippen molar-refractivity contribution in [1.29, 1.82) is 0 Å². The van der Waals surface area contributed by atoms with E-state index in [2.05, 4.69) is 15.2 Å². The number of fused-ring (bicyclic) bond motifs is 2. The second-order valence-corrected chi connectivity index (χ2v) is 14.6. The molecule has 2 aliphatic rings. The smallest absolute Gasteiger partial charge is 0.254 e. The summed E-state index contributed by atoms with van der Waals surface area (Å²) in [5, 5.41) is 4.81. The van der Waals surface area contributed by atoms with Gasteiger partial charge in [0.15, 0.2) is 5.78 Å². The maximum Gasteiger partial charge on any atom is 0.254 e. The summed E-state index contributed by atoms with van der Waals surface area (Å²) in [5.74, 6) is -0.0404. The zero-order valence-corrected chi connectivity index (χ0v) is 29.8. The molecular formula is C40H46ClN5O4. The molecule has 50 heavy (non-hydrogen) atoms. The standard InChI is InChI=1S/C40H46ClN5O4/c1-26(47)32-8-4-5-10-34(32)39(49)45-18-16-27(17-19-45)12-15-38(48)43-36(22-30-23-42-35-11-7-6-9-33(30)35)40(50)46-25-28(24-44(2)3)20-29-21-31(41)13-14-37(29)46/h4-11,13-14,21,23,27-28,36,42H,12,15-20,22,24-25H2,1-3H3,(H,43,48)/t28-,36+/m0/s1. The van der Waals surface area contributed by atoms with Gasteiger partial charge in [-0.15, -0.1) is 0 Å². The number of nitrogens with one attached hydrogen (secondary N) is 2. The van der Waals surface area contributed by atoms with Crippen molar-refractivity contribution in [3.63, 3.8) is 0 Å². The second-order valence-electron chi connectivity index (χ2n) is 14.1. The third-order valence-electron chi connectivity index (χ3n) is 10.1. The van der Waals surface area contributed by atoms with Gasteiger partial charge in [0.2, 0.25) is 11.8 Å². The molecule has 6 rings (SSSR count). The minimum absolute atomic E-state index is 0.125. The van der Waals surface area contributed by atoms with Gasteiger partial charge >= 0.3 is 0 Å². The summed E-state index contributed by atoms with van der Waals surface area (Å²) in [6, 6.07) is 19.9. The summed E-state index contributed by atoms with van der Waals surface area (Å²) in [4.78, 5) is 62.6. The molecule has 9 nitrogen and oxygen atoms in total. The van der Waals surface area contributed by atoms with Gasteiger partial charge in [-0.05, 0) is 100.0 Å². The van der Waals surface area contributed by atoms with Crippen molar-refractivity contribution >= 4 is 51.7 Å². The Hall–Kier alpha value is -4.47. The zero-order valence-electron chi connectivity index (χ0n) is 29.1. The molecule has 262 valence electrons. The van der Waals surface area contributed by atoms with Crippen molar-refractivity contribution in [2.24, 2.45) is 11.8 Å². The Morgan fingerprint density at radius 1 is 0.960 bits per heavy atom. The number of amides is 3. The van der Waals surface area contributed by atoms with Gasteiger partial charge in [0.25, 0.3) is 5.91 Å². The number of halogens is 1. The molecule has 10 heteroatoms. The van der Waals surface area contributed by atoms with Crippen molar-refractivity contribution in [2.75, 3.05) is 45.2 Å². The number of rotatable bonds is 11. The van der Waals surface area contributed by atoms with Gasteiger partial charge < -0.3 is 25.0 Å². The van der Waals surface area contributed by atoms with Gasteiger partial charge in [0.1, 0.15) is 6.04 Å². The monoisotopic (exact) mass is 695 g/mol. The fourth-order valence-electron chi connectivity index (χ4n) is 7.64. The summed E-state index contributed by atoms with van der Waals surface area (Å²) in [6.45, 7) is 4.01. The minimum atomic E-state index is -0.760. The van der Waals surface area contributed by atoms with Crippen molar-refractivity contribution in [2.45, 2.75) is 51.5 Å². The summed E-state index contributed by atoms with van der Waals surface area (Å²) in [5.41, 5.74) is 4.73. The van der Waals surface area contributed by atoms with E-state index in [1.165, 1.54) is 6.92 Å². The molecule has 0 aliphatic carbocycles. The lowest BCUT2D eigenvalue weighted by Gasteiger charge is -2.37. The molecule has 0 saturated carbocycles. The quantitative estimate of drug-likeness (QED) is 0.183. The van der Waals surface area contributed by atoms with Crippen molar-refractivity contribution in [1.82, 2.24) is 20.1 Å². The fourth-order valence-corrected chi connectivity index (χ4v) is 7.84. The first kappa shape index (κ1) is 35.4. The van der Waals surface area contributed by atoms with Crippen LogP contribution >= 0.6 is 11.6 Å². The van der Waals surface area contributed by atoms with Gasteiger partial charge in [0, 0.05) is 72.4 Å². The van der Waals surface area contributed by atoms with E-state index in [1.54, 1.807) is 29.2 Å². The fraction of sp³-hybridized carbons (Fsp3) is 0.400. The molecular weight excluding hydrogens is 650 g/mol. The summed E-state index contributed by atoms with van der Waals surface area (Å²) < 4.78 is 0. The van der Waals surface area contributed by atoms with E-state index < -0.39 is 6.04 Å². The Morgan fingerprint density at radius 3 is 2.42 bits per heavy atom. The van der Waals surface area contributed by atoms with E-state index >= 15 is 0 Å². The Kier molecular flexibility index (Phi) is 11.0. The minimum Gasteiger partial charge on any atom is -0.361 e. The highest BCUT2D eigenvalue weighted by atomic mass is 35.5. The number of carbonyl (C=O) groups excluding carboxylic acids is 4. The Morgan fingerprint density at radius 2 is 1.68 bits per heavy atom. The zero-order chi connectivity index (χ0) is 35.4. The number of carbonyl (C=O) groups is 4. The van der Waals surface area contributed by atoms with Crippen LogP contribution in [0.5, 0.6) is 0 Å². The number of likely N-dealkylation sites (tertiary alicyclic amines) is 1. The molecule has 1 saturated heterocycles. The number of benzene rings is 3. The number of hydrogen-bond acceptors (Lipinski definition) is 5. The van der Waals surface area contributed by atoms with Crippen LogP contribution in [-0.2, 0) is 22.4 Å². The second kappa shape index (κ2) is 15.6. The summed E-state index contributed by atoms with van der Waals surface area (Å²) in [7, 11) is 4.07. The third kappa shape index (κ3) is 8.11. The number of Topliss-reactive ketones (excluding diaryl/α,β-unsaturated/α-hetero) is 1. The average molecular weight is 696 g/mol. The highest BCUT2D eigenvalue weighted by Crippen LogP contribution is 2.33. The van der Waals surface area contributed by atoms with Gasteiger partial charge in [0.05, 0.1) is 5.56 Å². The first-order chi connectivity index (χ1) is 24.1. The number of ketones is 1. The van der Waals surface area contributed by atoms with Crippen molar-refractivity contribution < 1.29 is 19.2 Å². The van der Waals surface area contributed by atoms with Crippen LogP contribution < -0.4 is 10.2 Å². The van der Waals surface area contributed by atoms with Crippen LogP contribution in [0.25, 0.3) is 10.9 Å². The first-order valence-electron chi connectivity index (χ1n) is 17.6. The molecule has 3 aromatic carbocycles. The molecule has 2 aliphatic heterocycles. The number of aromatic amines is 1. The predicted molar refractivity (Wildman–Crippen MR) is 198 cm³/mol. The summed E-state index contributed by atoms with van der Waals surface area (Å²) in [6.07, 6.45) is 5.62. The molecule has 0 radical (unpaired) electrons. The van der Waals surface area contributed by atoms with E-state index in [1.807, 2.05) is 67.7 Å². The molecule has 3 amide bonds. The molecule has 0 unspecified atom stereocenters. The van der Waals surface area contributed by atoms with E-state index in [0.717, 1.165) is 53.5 Å². The highest BCUT2D eigenvalue weighted by molar-refractivity contribution is 6.30. The van der Waals surface area contributed by atoms with Crippen LogP contribution in [-0.4, -0.2) is 84.6 Å². The number of hydrogen-bond donors (Lipinski definition) is 2. The Bertz CT molecular complexity index is 1880.